The fourth-order valence-corrected chi connectivity index (χ4v) is 2.54. The summed E-state index contributed by atoms with van der Waals surface area (Å²) in [5.74, 6) is 1.94. The Balaban J connectivity index is 1.75. The molecule has 1 heterocycles. The Kier molecular flexibility index (Phi) is 3.50. The molecule has 0 aliphatic carbocycles. The molecular formula is C17H19NO2. The van der Waals surface area contributed by atoms with Gasteiger partial charge in [0.2, 0.25) is 0 Å². The van der Waals surface area contributed by atoms with Crippen molar-refractivity contribution in [3.63, 3.8) is 0 Å². The van der Waals surface area contributed by atoms with Crippen molar-refractivity contribution < 1.29 is 9.47 Å². The van der Waals surface area contributed by atoms with E-state index in [1.165, 1.54) is 16.7 Å². The maximum atomic E-state index is 5.52. The lowest BCUT2D eigenvalue weighted by atomic mass is 10.1. The van der Waals surface area contributed by atoms with Gasteiger partial charge in [0.1, 0.15) is 11.5 Å². The summed E-state index contributed by atoms with van der Waals surface area (Å²) in [6.45, 7) is 3.64. The van der Waals surface area contributed by atoms with Gasteiger partial charge in [-0.3, -0.25) is 0 Å². The number of methoxy groups -OCH3 is 1. The molecule has 0 radical (unpaired) electrons. The number of hydrogen-bond donors (Lipinski definition) is 1. The van der Waals surface area contributed by atoms with E-state index in [2.05, 4.69) is 36.5 Å². The van der Waals surface area contributed by atoms with E-state index >= 15 is 0 Å². The van der Waals surface area contributed by atoms with Crippen molar-refractivity contribution in [3.05, 3.63) is 53.1 Å². The summed E-state index contributed by atoms with van der Waals surface area (Å²) in [7, 11) is 1.71. The van der Waals surface area contributed by atoms with Crippen LogP contribution in [0, 0.1) is 6.92 Å². The number of benzene rings is 2. The van der Waals surface area contributed by atoms with Crippen LogP contribution in [0.15, 0.2) is 36.4 Å². The molecule has 3 nitrogen and oxygen atoms in total. The fraction of sp³-hybridized carbons (Fsp3) is 0.294. The van der Waals surface area contributed by atoms with E-state index in [-0.39, 0.29) is 0 Å². The smallest absolute Gasteiger partial charge is 0.123 e. The van der Waals surface area contributed by atoms with Gasteiger partial charge in [-0.05, 0) is 36.8 Å². The Labute approximate surface area is 119 Å². The zero-order chi connectivity index (χ0) is 13.9. The van der Waals surface area contributed by atoms with Gasteiger partial charge in [0.05, 0.1) is 13.7 Å². The number of hydrogen-bond acceptors (Lipinski definition) is 3. The van der Waals surface area contributed by atoms with Crippen LogP contribution in [0.3, 0.4) is 0 Å². The zero-order valence-electron chi connectivity index (χ0n) is 11.9. The second kappa shape index (κ2) is 5.45. The Morgan fingerprint density at radius 2 is 2.10 bits per heavy atom. The molecule has 3 heteroatoms. The molecule has 0 saturated carbocycles. The molecular weight excluding hydrogens is 250 g/mol. The topological polar surface area (TPSA) is 30.5 Å². The van der Waals surface area contributed by atoms with Gasteiger partial charge in [0, 0.05) is 24.2 Å². The number of anilines is 1. The first-order valence-electron chi connectivity index (χ1n) is 6.89. The molecule has 2 aromatic rings. The predicted octanol–water partition coefficient (Wildman–Crippen LogP) is 3.55. The van der Waals surface area contributed by atoms with Gasteiger partial charge < -0.3 is 14.8 Å². The monoisotopic (exact) mass is 269 g/mol. The maximum Gasteiger partial charge on any atom is 0.123 e. The third-order valence-electron chi connectivity index (χ3n) is 3.61. The van der Waals surface area contributed by atoms with Crippen LogP contribution in [0.4, 0.5) is 5.69 Å². The summed E-state index contributed by atoms with van der Waals surface area (Å²) >= 11 is 0. The molecule has 1 aliphatic heterocycles. The van der Waals surface area contributed by atoms with Crippen molar-refractivity contribution in [2.24, 2.45) is 0 Å². The van der Waals surface area contributed by atoms with E-state index in [4.69, 9.17) is 9.47 Å². The van der Waals surface area contributed by atoms with Crippen LogP contribution in [0.5, 0.6) is 11.5 Å². The molecule has 1 N–H and O–H groups in total. The lowest BCUT2D eigenvalue weighted by molar-refractivity contribution is 0.357. The highest BCUT2D eigenvalue weighted by Crippen LogP contribution is 2.28. The molecule has 0 amide bonds. The normalized spacial score (nSPS) is 12.7. The van der Waals surface area contributed by atoms with Gasteiger partial charge in [-0.15, -0.1) is 0 Å². The minimum absolute atomic E-state index is 0.754. The summed E-state index contributed by atoms with van der Waals surface area (Å²) in [6.07, 6.45) is 0.999. The molecule has 0 fully saturated rings. The zero-order valence-corrected chi connectivity index (χ0v) is 11.9. The minimum Gasteiger partial charge on any atom is -0.496 e. The minimum atomic E-state index is 0.754. The second-order valence-electron chi connectivity index (χ2n) is 5.09. The molecule has 0 unspecified atom stereocenters. The van der Waals surface area contributed by atoms with E-state index in [9.17, 15) is 0 Å². The van der Waals surface area contributed by atoms with Crippen molar-refractivity contribution in [3.8, 4) is 11.5 Å². The molecule has 0 spiro atoms. The highest BCUT2D eigenvalue weighted by molar-refractivity contribution is 5.53. The summed E-state index contributed by atoms with van der Waals surface area (Å²) in [5, 5.41) is 3.46. The van der Waals surface area contributed by atoms with E-state index in [1.807, 2.05) is 12.1 Å². The van der Waals surface area contributed by atoms with Gasteiger partial charge >= 0.3 is 0 Å². The highest BCUT2D eigenvalue weighted by atomic mass is 16.5. The first-order valence-corrected chi connectivity index (χ1v) is 6.89. The molecule has 2 aromatic carbocycles. The van der Waals surface area contributed by atoms with Crippen LogP contribution in [0.25, 0.3) is 0 Å². The van der Waals surface area contributed by atoms with Gasteiger partial charge in [-0.1, -0.05) is 17.7 Å². The van der Waals surface area contributed by atoms with E-state index < -0.39 is 0 Å². The Morgan fingerprint density at radius 1 is 1.20 bits per heavy atom. The molecule has 1 aliphatic rings. The van der Waals surface area contributed by atoms with Gasteiger partial charge in [0.25, 0.3) is 0 Å². The lowest BCUT2D eigenvalue weighted by Gasteiger charge is -2.12. The van der Waals surface area contributed by atoms with E-state index in [0.29, 0.717) is 0 Å². The molecule has 0 aromatic heterocycles. The molecule has 20 heavy (non-hydrogen) atoms. The second-order valence-corrected chi connectivity index (χ2v) is 5.09. The molecule has 0 atom stereocenters. The van der Waals surface area contributed by atoms with Gasteiger partial charge in [-0.25, -0.2) is 0 Å². The number of fused-ring (bicyclic) bond motifs is 1. The van der Waals surface area contributed by atoms with Crippen molar-refractivity contribution in [1.29, 1.82) is 0 Å². The fourth-order valence-electron chi connectivity index (χ4n) is 2.54. The standard InChI is InChI=1S/C17H19NO2/c1-12-3-5-16(19-2)14(9-12)11-18-15-4-6-17-13(10-15)7-8-20-17/h3-6,9-10,18H,7-8,11H2,1-2H3. The summed E-state index contributed by atoms with van der Waals surface area (Å²) in [5.41, 5.74) is 4.82. The number of nitrogens with one attached hydrogen (secondary N) is 1. The summed E-state index contributed by atoms with van der Waals surface area (Å²) in [4.78, 5) is 0. The highest BCUT2D eigenvalue weighted by Gasteiger charge is 2.12. The molecule has 0 bridgehead atoms. The number of aryl methyl sites for hydroxylation is 1. The molecule has 0 saturated heterocycles. The van der Waals surface area contributed by atoms with Crippen LogP contribution < -0.4 is 14.8 Å². The largest absolute Gasteiger partial charge is 0.496 e. The average molecular weight is 269 g/mol. The Bertz CT molecular complexity index is 622. The third kappa shape index (κ3) is 2.57. The molecule has 104 valence electrons. The average Bonchev–Trinajstić information content (AvgIpc) is 2.92. The first kappa shape index (κ1) is 12.9. The van der Waals surface area contributed by atoms with Crippen LogP contribution in [-0.2, 0) is 13.0 Å². The van der Waals surface area contributed by atoms with Crippen LogP contribution in [0.1, 0.15) is 16.7 Å². The number of rotatable bonds is 4. The van der Waals surface area contributed by atoms with Crippen molar-refractivity contribution in [1.82, 2.24) is 0 Å². The summed E-state index contributed by atoms with van der Waals surface area (Å²) in [6, 6.07) is 12.5. The van der Waals surface area contributed by atoms with E-state index in [1.54, 1.807) is 7.11 Å². The van der Waals surface area contributed by atoms with Crippen LogP contribution in [0.2, 0.25) is 0 Å². The summed E-state index contributed by atoms with van der Waals surface area (Å²) < 4.78 is 10.9. The lowest BCUT2D eigenvalue weighted by Crippen LogP contribution is -2.02. The van der Waals surface area contributed by atoms with Crippen LogP contribution >= 0.6 is 0 Å². The van der Waals surface area contributed by atoms with Crippen molar-refractivity contribution in [2.75, 3.05) is 19.0 Å². The number of ether oxygens (including phenoxy) is 2. The maximum absolute atomic E-state index is 5.52. The SMILES string of the molecule is COc1ccc(C)cc1CNc1ccc2c(c1)CCO2. The third-order valence-corrected chi connectivity index (χ3v) is 3.61. The van der Waals surface area contributed by atoms with Gasteiger partial charge in [0.15, 0.2) is 0 Å². The Morgan fingerprint density at radius 3 is 2.95 bits per heavy atom. The quantitative estimate of drug-likeness (QED) is 0.920. The first-order chi connectivity index (χ1) is 9.76. The van der Waals surface area contributed by atoms with Crippen molar-refractivity contribution >= 4 is 5.69 Å². The van der Waals surface area contributed by atoms with Gasteiger partial charge in [-0.2, -0.15) is 0 Å². The predicted molar refractivity (Wildman–Crippen MR) is 80.7 cm³/mol. The van der Waals surface area contributed by atoms with Crippen LogP contribution in [-0.4, -0.2) is 13.7 Å². The van der Waals surface area contributed by atoms with E-state index in [0.717, 1.165) is 36.8 Å². The van der Waals surface area contributed by atoms with Crippen molar-refractivity contribution in [2.45, 2.75) is 19.9 Å². The Hall–Kier alpha value is -2.16. The molecule has 3 rings (SSSR count).